The Bertz CT molecular complexity index is 1660. The minimum Gasteiger partial charge on any atom is -0.494 e. The number of aromatic amines is 1. The zero-order chi connectivity index (χ0) is 30.5. The highest BCUT2D eigenvalue weighted by molar-refractivity contribution is 6.22. The van der Waals surface area contributed by atoms with Gasteiger partial charge in [-0.1, -0.05) is 6.07 Å². The van der Waals surface area contributed by atoms with Crippen molar-refractivity contribution in [1.82, 2.24) is 9.88 Å². The molecule has 2 N–H and O–H groups in total. The van der Waals surface area contributed by atoms with Gasteiger partial charge in [0.25, 0.3) is 0 Å². The molecule has 0 atom stereocenters. The number of benzene rings is 3. The third-order valence-electron chi connectivity index (χ3n) is 7.11. The second-order valence-corrected chi connectivity index (χ2v) is 10.5. The molecule has 1 amide bonds. The fraction of sp³-hybridized carbons (Fsp3) is 0.303. The van der Waals surface area contributed by atoms with Crippen molar-refractivity contribution in [2.75, 3.05) is 51.9 Å². The summed E-state index contributed by atoms with van der Waals surface area (Å²) in [6, 6.07) is 18.1. The standard InChI is InChI=1S/C33H36N4O6/c1-5-41-33(40)23-7-13-26-27(19-23)35-32(39)30(26)31(22-8-14-28-29(20-22)43-18-17-42-28)34-24-9-11-25(12-10-24)37(21(2)38)16-6-15-36(3)4/h7-14,19-20,35,39H,5-6,15-18H2,1-4H3. The predicted octanol–water partition coefficient (Wildman–Crippen LogP) is 5.30. The number of H-pyrrole nitrogens is 1. The third kappa shape index (κ3) is 6.65. The molecular weight excluding hydrogens is 548 g/mol. The SMILES string of the molecule is CCOC(=O)c1ccc2c(C(=Nc3ccc(N(CCCN(C)C)C(C)=O)cc3)c3ccc4c(c3)OCCO4)c(O)[nH]c2c1. The van der Waals surface area contributed by atoms with E-state index in [1.54, 1.807) is 36.9 Å². The largest absolute Gasteiger partial charge is 0.494 e. The maximum atomic E-state index is 12.4. The second kappa shape index (κ2) is 13.0. The molecule has 1 aliphatic rings. The smallest absolute Gasteiger partial charge is 0.338 e. The van der Waals surface area contributed by atoms with Gasteiger partial charge in [0.2, 0.25) is 5.91 Å². The number of aromatic nitrogens is 1. The van der Waals surface area contributed by atoms with E-state index < -0.39 is 5.97 Å². The van der Waals surface area contributed by atoms with Gasteiger partial charge in [-0.2, -0.15) is 0 Å². The third-order valence-corrected chi connectivity index (χ3v) is 7.11. The molecule has 1 aliphatic heterocycles. The monoisotopic (exact) mass is 584 g/mol. The summed E-state index contributed by atoms with van der Waals surface area (Å²) in [4.78, 5) is 36.6. The lowest BCUT2D eigenvalue weighted by Gasteiger charge is -2.22. The van der Waals surface area contributed by atoms with Gasteiger partial charge in [0.15, 0.2) is 17.4 Å². The Hall–Kier alpha value is -4.83. The van der Waals surface area contributed by atoms with Crippen LogP contribution in [0.25, 0.3) is 10.9 Å². The van der Waals surface area contributed by atoms with Crippen molar-refractivity contribution in [2.24, 2.45) is 4.99 Å². The number of hydrogen-bond donors (Lipinski definition) is 2. The first kappa shape index (κ1) is 29.7. The molecule has 5 rings (SSSR count). The number of amides is 1. The zero-order valence-corrected chi connectivity index (χ0v) is 24.8. The average molecular weight is 585 g/mol. The second-order valence-electron chi connectivity index (χ2n) is 10.5. The molecule has 224 valence electrons. The van der Waals surface area contributed by atoms with Gasteiger partial charge < -0.3 is 34.1 Å². The first-order valence-corrected chi connectivity index (χ1v) is 14.3. The van der Waals surface area contributed by atoms with Crippen LogP contribution in [0.1, 0.15) is 41.8 Å². The molecule has 0 fully saturated rings. The number of carbonyl (C=O) groups excluding carboxylic acids is 2. The van der Waals surface area contributed by atoms with Crippen molar-refractivity contribution in [2.45, 2.75) is 20.3 Å². The number of aromatic hydroxyl groups is 1. The Labute approximate surface area is 250 Å². The number of nitrogens with one attached hydrogen (secondary N) is 1. The van der Waals surface area contributed by atoms with Crippen LogP contribution in [0, 0.1) is 0 Å². The van der Waals surface area contributed by atoms with Crippen LogP contribution >= 0.6 is 0 Å². The predicted molar refractivity (Wildman–Crippen MR) is 166 cm³/mol. The fourth-order valence-corrected chi connectivity index (χ4v) is 5.07. The molecule has 10 nitrogen and oxygen atoms in total. The Balaban J connectivity index is 1.57. The Kier molecular flexibility index (Phi) is 8.96. The van der Waals surface area contributed by atoms with Crippen LogP contribution < -0.4 is 14.4 Å². The van der Waals surface area contributed by atoms with Gasteiger partial charge in [0, 0.05) is 35.6 Å². The Morgan fingerprint density at radius 2 is 1.67 bits per heavy atom. The number of carbonyl (C=O) groups is 2. The summed E-state index contributed by atoms with van der Waals surface area (Å²) in [5.41, 5.74) is 4.01. The van der Waals surface area contributed by atoms with Gasteiger partial charge in [-0.25, -0.2) is 9.79 Å². The van der Waals surface area contributed by atoms with Crippen LogP contribution in [-0.2, 0) is 9.53 Å². The van der Waals surface area contributed by atoms with E-state index in [0.717, 1.165) is 18.7 Å². The summed E-state index contributed by atoms with van der Waals surface area (Å²) in [5, 5.41) is 11.8. The average Bonchev–Trinajstić information content (AvgIpc) is 3.32. The molecule has 0 bridgehead atoms. The quantitative estimate of drug-likeness (QED) is 0.192. The van der Waals surface area contributed by atoms with Gasteiger partial charge in [-0.3, -0.25) is 4.79 Å². The van der Waals surface area contributed by atoms with Gasteiger partial charge >= 0.3 is 5.97 Å². The highest BCUT2D eigenvalue weighted by Crippen LogP contribution is 2.36. The summed E-state index contributed by atoms with van der Waals surface area (Å²) in [6.07, 6.45) is 0.846. The van der Waals surface area contributed by atoms with E-state index in [4.69, 9.17) is 19.2 Å². The summed E-state index contributed by atoms with van der Waals surface area (Å²) in [6.45, 7) is 5.96. The summed E-state index contributed by atoms with van der Waals surface area (Å²) < 4.78 is 16.7. The van der Waals surface area contributed by atoms with Crippen molar-refractivity contribution in [1.29, 1.82) is 0 Å². The number of anilines is 1. The van der Waals surface area contributed by atoms with Crippen LogP contribution in [0.4, 0.5) is 11.4 Å². The molecule has 0 saturated heterocycles. The van der Waals surface area contributed by atoms with Gasteiger partial charge in [-0.05, 0) is 88.6 Å². The lowest BCUT2D eigenvalue weighted by molar-refractivity contribution is -0.116. The molecular formula is C33H36N4O6. The number of rotatable bonds is 10. The zero-order valence-electron chi connectivity index (χ0n) is 24.8. The van der Waals surface area contributed by atoms with Gasteiger partial charge in [0.05, 0.1) is 29.1 Å². The molecule has 4 aromatic rings. The topological polar surface area (TPSA) is 117 Å². The highest BCUT2D eigenvalue weighted by atomic mass is 16.6. The minimum absolute atomic E-state index is 0.0297. The summed E-state index contributed by atoms with van der Waals surface area (Å²) in [7, 11) is 4.02. The Morgan fingerprint density at radius 1 is 0.953 bits per heavy atom. The van der Waals surface area contributed by atoms with Crippen LogP contribution in [-0.4, -0.2) is 79.6 Å². The number of hydrogen-bond acceptors (Lipinski definition) is 8. The molecule has 0 spiro atoms. The lowest BCUT2D eigenvalue weighted by Crippen LogP contribution is -2.31. The first-order valence-electron chi connectivity index (χ1n) is 14.3. The normalized spacial score (nSPS) is 12.9. The summed E-state index contributed by atoms with van der Waals surface area (Å²) >= 11 is 0. The van der Waals surface area contributed by atoms with Crippen LogP contribution in [0.2, 0.25) is 0 Å². The number of aliphatic imine (C=N–C) groups is 1. The van der Waals surface area contributed by atoms with Crippen molar-refractivity contribution >= 4 is 39.9 Å². The van der Waals surface area contributed by atoms with Crippen LogP contribution in [0.3, 0.4) is 0 Å². The van der Waals surface area contributed by atoms with Crippen molar-refractivity contribution in [3.8, 4) is 17.4 Å². The van der Waals surface area contributed by atoms with Crippen molar-refractivity contribution in [3.05, 3.63) is 77.4 Å². The van der Waals surface area contributed by atoms with E-state index in [0.29, 0.717) is 70.2 Å². The van der Waals surface area contributed by atoms with E-state index in [-0.39, 0.29) is 18.4 Å². The molecule has 1 aromatic heterocycles. The maximum Gasteiger partial charge on any atom is 0.338 e. The van der Waals surface area contributed by atoms with E-state index in [2.05, 4.69) is 9.88 Å². The lowest BCUT2D eigenvalue weighted by atomic mass is 9.99. The molecule has 10 heteroatoms. The molecule has 0 unspecified atom stereocenters. The number of fused-ring (bicyclic) bond motifs is 2. The minimum atomic E-state index is -0.442. The van der Waals surface area contributed by atoms with E-state index in [9.17, 15) is 14.7 Å². The molecule has 3 aromatic carbocycles. The van der Waals surface area contributed by atoms with Crippen molar-refractivity contribution in [3.63, 3.8) is 0 Å². The first-order chi connectivity index (χ1) is 20.7. The van der Waals surface area contributed by atoms with E-state index >= 15 is 0 Å². The summed E-state index contributed by atoms with van der Waals surface area (Å²) in [5.74, 6) is 0.662. The molecule has 0 radical (unpaired) electrons. The number of esters is 1. The van der Waals surface area contributed by atoms with E-state index in [1.165, 1.54) is 0 Å². The number of ether oxygens (including phenoxy) is 3. The number of nitrogens with zero attached hydrogens (tertiary/aromatic N) is 3. The van der Waals surface area contributed by atoms with E-state index in [1.807, 2.05) is 56.6 Å². The van der Waals surface area contributed by atoms with Gasteiger partial charge in [0.1, 0.15) is 13.2 Å². The molecule has 0 saturated carbocycles. The van der Waals surface area contributed by atoms with Crippen molar-refractivity contribution < 1.29 is 28.9 Å². The van der Waals surface area contributed by atoms with Gasteiger partial charge in [-0.15, -0.1) is 0 Å². The molecule has 0 aliphatic carbocycles. The highest BCUT2D eigenvalue weighted by Gasteiger charge is 2.22. The molecule has 43 heavy (non-hydrogen) atoms. The van der Waals surface area contributed by atoms with Crippen LogP contribution in [0.15, 0.2) is 65.7 Å². The maximum absolute atomic E-state index is 12.4. The Morgan fingerprint density at radius 3 is 2.37 bits per heavy atom. The van der Waals surface area contributed by atoms with Crippen LogP contribution in [0.5, 0.6) is 17.4 Å². The molecule has 2 heterocycles. The fourth-order valence-electron chi connectivity index (χ4n) is 5.07.